The second-order valence-electron chi connectivity index (χ2n) is 5.86. The Morgan fingerprint density at radius 1 is 1.18 bits per heavy atom. The zero-order valence-corrected chi connectivity index (χ0v) is 16.1. The smallest absolute Gasteiger partial charge is 0.340 e. The van der Waals surface area contributed by atoms with Gasteiger partial charge in [0.15, 0.2) is 5.82 Å². The van der Waals surface area contributed by atoms with Crippen molar-refractivity contribution in [3.63, 3.8) is 0 Å². The Hall–Kier alpha value is -3.19. The van der Waals surface area contributed by atoms with Gasteiger partial charge in [-0.3, -0.25) is 0 Å². The molecule has 8 heteroatoms. The van der Waals surface area contributed by atoms with Gasteiger partial charge >= 0.3 is 5.97 Å². The molecule has 7 nitrogen and oxygen atoms in total. The van der Waals surface area contributed by atoms with Crippen LogP contribution in [0.25, 0.3) is 0 Å². The zero-order valence-electron chi connectivity index (χ0n) is 15.4. The predicted molar refractivity (Wildman–Crippen MR) is 109 cm³/mol. The monoisotopic (exact) mass is 397 g/mol. The number of benzene rings is 2. The van der Waals surface area contributed by atoms with Gasteiger partial charge in [0.1, 0.15) is 0 Å². The number of carbonyl (C=O) groups excluding carboxylic acids is 1. The second kappa shape index (κ2) is 9.66. The number of hydrogen-bond donors (Lipinski definition) is 2. The van der Waals surface area contributed by atoms with Gasteiger partial charge in [-0.2, -0.15) is 10.1 Å². The van der Waals surface area contributed by atoms with E-state index in [-0.39, 0.29) is 0 Å². The highest BCUT2D eigenvalue weighted by atomic mass is 35.5. The normalized spacial score (nSPS) is 10.4. The van der Waals surface area contributed by atoms with E-state index in [4.69, 9.17) is 16.3 Å². The topological polar surface area (TPSA) is 89.0 Å². The Bertz CT molecular complexity index is 951. The maximum atomic E-state index is 12.1. The minimum Gasteiger partial charge on any atom is -0.462 e. The molecule has 28 heavy (non-hydrogen) atoms. The average molecular weight is 398 g/mol. The number of hydrogen-bond acceptors (Lipinski definition) is 7. The highest BCUT2D eigenvalue weighted by molar-refractivity contribution is 6.30. The molecule has 0 spiro atoms. The molecule has 2 aromatic carbocycles. The summed E-state index contributed by atoms with van der Waals surface area (Å²) in [4.78, 5) is 16.5. The maximum Gasteiger partial charge on any atom is 0.340 e. The van der Waals surface area contributed by atoms with Crippen LogP contribution < -0.4 is 10.6 Å². The largest absolute Gasteiger partial charge is 0.462 e. The molecular formula is C20H20ClN5O2. The molecule has 144 valence electrons. The third-order valence-electron chi connectivity index (χ3n) is 3.83. The molecule has 0 aliphatic heterocycles. The summed E-state index contributed by atoms with van der Waals surface area (Å²) in [6.07, 6.45) is 2.26. The van der Waals surface area contributed by atoms with E-state index in [2.05, 4.69) is 25.8 Å². The summed E-state index contributed by atoms with van der Waals surface area (Å²) in [6.45, 7) is 2.71. The van der Waals surface area contributed by atoms with Crippen LogP contribution in [-0.4, -0.2) is 34.3 Å². The van der Waals surface area contributed by atoms with E-state index in [0.29, 0.717) is 41.2 Å². The molecule has 0 aliphatic carbocycles. The molecule has 1 heterocycles. The van der Waals surface area contributed by atoms with Crippen molar-refractivity contribution in [2.24, 2.45) is 0 Å². The molecule has 0 saturated carbocycles. The second-order valence-corrected chi connectivity index (χ2v) is 6.30. The van der Waals surface area contributed by atoms with Crippen molar-refractivity contribution in [3.05, 3.63) is 70.9 Å². The number of carbonyl (C=O) groups is 1. The van der Waals surface area contributed by atoms with Crippen molar-refractivity contribution in [2.75, 3.05) is 23.8 Å². The van der Waals surface area contributed by atoms with Crippen molar-refractivity contribution < 1.29 is 9.53 Å². The van der Waals surface area contributed by atoms with Crippen molar-refractivity contribution in [3.8, 4) is 0 Å². The Labute approximate surface area is 168 Å². The van der Waals surface area contributed by atoms with E-state index in [1.807, 2.05) is 30.3 Å². The molecule has 3 aromatic rings. The molecule has 0 unspecified atom stereocenters. The van der Waals surface area contributed by atoms with Gasteiger partial charge in [-0.05, 0) is 43.2 Å². The van der Waals surface area contributed by atoms with Crippen LogP contribution in [0.2, 0.25) is 5.02 Å². The van der Waals surface area contributed by atoms with Gasteiger partial charge in [0.2, 0.25) is 5.95 Å². The molecule has 1 aromatic heterocycles. The van der Waals surface area contributed by atoms with Crippen LogP contribution in [0.1, 0.15) is 22.8 Å². The molecule has 0 bridgehead atoms. The minimum absolute atomic E-state index is 0.308. The SMILES string of the molecule is CCOC(=O)c1ccccc1Nc1cnnc(NCCc2cccc(Cl)c2)n1. The van der Waals surface area contributed by atoms with Crippen LogP contribution in [0.5, 0.6) is 0 Å². The van der Waals surface area contributed by atoms with Gasteiger partial charge < -0.3 is 15.4 Å². The van der Waals surface area contributed by atoms with E-state index >= 15 is 0 Å². The Balaban J connectivity index is 1.65. The summed E-state index contributed by atoms with van der Waals surface area (Å²) in [6, 6.07) is 14.8. The minimum atomic E-state index is -0.396. The van der Waals surface area contributed by atoms with Crippen LogP contribution in [0.4, 0.5) is 17.5 Å². The number of halogens is 1. The zero-order chi connectivity index (χ0) is 19.8. The lowest BCUT2D eigenvalue weighted by molar-refractivity contribution is 0.0527. The van der Waals surface area contributed by atoms with Crippen LogP contribution in [0.15, 0.2) is 54.7 Å². The third kappa shape index (κ3) is 5.40. The number of nitrogens with zero attached hydrogens (tertiary/aromatic N) is 3. The van der Waals surface area contributed by atoms with Crippen molar-refractivity contribution >= 4 is 35.0 Å². The summed E-state index contributed by atoms with van der Waals surface area (Å²) in [7, 11) is 0. The van der Waals surface area contributed by atoms with Gasteiger partial charge in [-0.1, -0.05) is 35.9 Å². The quantitative estimate of drug-likeness (QED) is 0.553. The molecule has 0 amide bonds. The fourth-order valence-electron chi connectivity index (χ4n) is 2.57. The molecule has 0 saturated heterocycles. The molecule has 0 atom stereocenters. The summed E-state index contributed by atoms with van der Waals surface area (Å²) >= 11 is 6.00. The standard InChI is InChI=1S/C20H20ClN5O2/c1-2-28-19(27)16-8-3-4-9-17(16)24-18-13-23-26-20(25-18)22-11-10-14-6-5-7-15(21)12-14/h3-9,12-13H,2,10-11H2,1H3,(H2,22,24,25,26). The Morgan fingerprint density at radius 3 is 2.86 bits per heavy atom. The van der Waals surface area contributed by atoms with E-state index < -0.39 is 5.97 Å². The summed E-state index contributed by atoms with van der Waals surface area (Å²) in [5.74, 6) is 0.463. The van der Waals surface area contributed by atoms with E-state index in [1.165, 1.54) is 6.20 Å². The van der Waals surface area contributed by atoms with Crippen LogP contribution in [0, 0.1) is 0 Å². The summed E-state index contributed by atoms with van der Waals surface area (Å²) < 4.78 is 5.08. The lowest BCUT2D eigenvalue weighted by Crippen LogP contribution is -2.11. The first-order valence-corrected chi connectivity index (χ1v) is 9.24. The van der Waals surface area contributed by atoms with Crippen LogP contribution in [-0.2, 0) is 11.2 Å². The molecule has 0 aliphatic rings. The first kappa shape index (κ1) is 19.6. The van der Waals surface area contributed by atoms with Crippen LogP contribution >= 0.6 is 11.6 Å². The van der Waals surface area contributed by atoms with E-state index in [9.17, 15) is 4.79 Å². The van der Waals surface area contributed by atoms with Crippen molar-refractivity contribution in [1.29, 1.82) is 0 Å². The first-order chi connectivity index (χ1) is 13.7. The number of para-hydroxylation sites is 1. The molecular weight excluding hydrogens is 378 g/mol. The highest BCUT2D eigenvalue weighted by Crippen LogP contribution is 2.20. The number of esters is 1. The lowest BCUT2D eigenvalue weighted by atomic mass is 10.1. The van der Waals surface area contributed by atoms with Crippen molar-refractivity contribution in [2.45, 2.75) is 13.3 Å². The van der Waals surface area contributed by atoms with E-state index in [0.717, 1.165) is 12.0 Å². The average Bonchev–Trinajstić information content (AvgIpc) is 2.69. The summed E-state index contributed by atoms with van der Waals surface area (Å²) in [5, 5.41) is 14.9. The maximum absolute atomic E-state index is 12.1. The number of anilines is 3. The highest BCUT2D eigenvalue weighted by Gasteiger charge is 2.12. The fourth-order valence-corrected chi connectivity index (χ4v) is 2.78. The molecule has 0 radical (unpaired) electrons. The number of ether oxygens (including phenoxy) is 1. The summed E-state index contributed by atoms with van der Waals surface area (Å²) in [5.41, 5.74) is 2.13. The molecule has 2 N–H and O–H groups in total. The first-order valence-electron chi connectivity index (χ1n) is 8.87. The van der Waals surface area contributed by atoms with E-state index in [1.54, 1.807) is 25.1 Å². The number of nitrogens with one attached hydrogen (secondary N) is 2. The Kier molecular flexibility index (Phi) is 6.75. The Morgan fingerprint density at radius 2 is 2.04 bits per heavy atom. The van der Waals surface area contributed by atoms with Crippen molar-refractivity contribution in [1.82, 2.24) is 15.2 Å². The van der Waals surface area contributed by atoms with Gasteiger partial charge in [-0.15, -0.1) is 5.10 Å². The molecule has 3 rings (SSSR count). The van der Waals surface area contributed by atoms with Gasteiger partial charge in [0.05, 0.1) is 24.1 Å². The van der Waals surface area contributed by atoms with Gasteiger partial charge in [-0.25, -0.2) is 4.79 Å². The number of rotatable bonds is 8. The van der Waals surface area contributed by atoms with Crippen LogP contribution in [0.3, 0.4) is 0 Å². The molecule has 0 fully saturated rings. The third-order valence-corrected chi connectivity index (χ3v) is 4.06. The van der Waals surface area contributed by atoms with Gasteiger partial charge in [0.25, 0.3) is 0 Å². The fraction of sp³-hybridized carbons (Fsp3) is 0.200. The van der Waals surface area contributed by atoms with Gasteiger partial charge in [0, 0.05) is 11.6 Å². The lowest BCUT2D eigenvalue weighted by Gasteiger charge is -2.11. The predicted octanol–water partition coefficient (Wildman–Crippen LogP) is 4.10. The number of aromatic nitrogens is 3.